The van der Waals surface area contributed by atoms with Gasteiger partial charge in [0, 0.05) is 39.3 Å². The highest BCUT2D eigenvalue weighted by atomic mass is 16.3. The molecular weight excluding hydrogens is 342 g/mol. The molecule has 27 heavy (non-hydrogen) atoms. The zero-order chi connectivity index (χ0) is 18.8. The summed E-state index contributed by atoms with van der Waals surface area (Å²) in [5, 5.41) is 0. The quantitative estimate of drug-likeness (QED) is 0.834. The van der Waals surface area contributed by atoms with Gasteiger partial charge >= 0.3 is 0 Å². The third kappa shape index (κ3) is 3.76. The van der Waals surface area contributed by atoms with Crippen LogP contribution in [0, 0.1) is 6.92 Å². The molecule has 0 spiro atoms. The molecule has 1 aromatic heterocycles. The minimum Gasteiger partial charge on any atom is -0.459 e. The summed E-state index contributed by atoms with van der Waals surface area (Å²) in [5.74, 6) is 0.446. The van der Waals surface area contributed by atoms with Gasteiger partial charge in [0.25, 0.3) is 5.91 Å². The van der Waals surface area contributed by atoms with E-state index >= 15 is 0 Å². The molecule has 0 N–H and O–H groups in total. The van der Waals surface area contributed by atoms with Gasteiger partial charge in [-0.2, -0.15) is 0 Å². The molecular formula is C21H25N3O3. The topological polar surface area (TPSA) is 57.0 Å². The standard InChI is InChI=1S/C21H25N3O3/c1-16-4-2-5-17(14-16)15-24-12-10-22-9-11-23(8-7-18(22)20(24)25)21(26)19-6-3-13-27-19/h2-6,13-14,18H,7-12,15H2,1H3. The number of furan rings is 1. The average molecular weight is 367 g/mol. The molecule has 2 saturated heterocycles. The van der Waals surface area contributed by atoms with E-state index in [4.69, 9.17) is 4.42 Å². The zero-order valence-corrected chi connectivity index (χ0v) is 15.6. The van der Waals surface area contributed by atoms with E-state index in [1.807, 2.05) is 11.0 Å². The lowest BCUT2D eigenvalue weighted by Crippen LogP contribution is -2.56. The highest BCUT2D eigenvalue weighted by molar-refractivity contribution is 5.91. The Morgan fingerprint density at radius 1 is 1.11 bits per heavy atom. The summed E-state index contributed by atoms with van der Waals surface area (Å²) in [6.45, 7) is 6.23. The molecule has 142 valence electrons. The van der Waals surface area contributed by atoms with Crippen LogP contribution in [0.5, 0.6) is 0 Å². The van der Waals surface area contributed by atoms with Crippen molar-refractivity contribution in [3.63, 3.8) is 0 Å². The van der Waals surface area contributed by atoms with Crippen LogP contribution >= 0.6 is 0 Å². The van der Waals surface area contributed by atoms with Gasteiger partial charge in [-0.3, -0.25) is 14.5 Å². The predicted molar refractivity (Wildman–Crippen MR) is 101 cm³/mol. The minimum atomic E-state index is -0.141. The van der Waals surface area contributed by atoms with E-state index in [0.29, 0.717) is 31.8 Å². The third-order valence-corrected chi connectivity index (χ3v) is 5.50. The number of aryl methyl sites for hydroxylation is 1. The molecule has 1 aromatic carbocycles. The number of hydrogen-bond donors (Lipinski definition) is 0. The van der Waals surface area contributed by atoms with Crippen molar-refractivity contribution in [2.45, 2.75) is 25.9 Å². The number of rotatable bonds is 3. The van der Waals surface area contributed by atoms with Crippen LogP contribution in [-0.2, 0) is 11.3 Å². The third-order valence-electron chi connectivity index (χ3n) is 5.50. The van der Waals surface area contributed by atoms with Crippen molar-refractivity contribution in [3.05, 3.63) is 59.5 Å². The van der Waals surface area contributed by atoms with E-state index in [0.717, 1.165) is 19.6 Å². The first-order valence-electron chi connectivity index (χ1n) is 9.53. The molecule has 1 atom stereocenters. The van der Waals surface area contributed by atoms with Gasteiger partial charge in [0.2, 0.25) is 5.91 Å². The number of carbonyl (C=O) groups is 2. The van der Waals surface area contributed by atoms with Gasteiger partial charge in [0.15, 0.2) is 5.76 Å². The zero-order valence-electron chi connectivity index (χ0n) is 15.6. The first-order chi connectivity index (χ1) is 13.1. The largest absolute Gasteiger partial charge is 0.459 e. The molecule has 0 saturated carbocycles. The van der Waals surface area contributed by atoms with Gasteiger partial charge < -0.3 is 14.2 Å². The van der Waals surface area contributed by atoms with Crippen LogP contribution in [0.2, 0.25) is 0 Å². The Morgan fingerprint density at radius 3 is 2.74 bits per heavy atom. The Balaban J connectivity index is 1.42. The molecule has 6 heteroatoms. The number of benzene rings is 1. The summed E-state index contributed by atoms with van der Waals surface area (Å²) in [4.78, 5) is 31.6. The summed E-state index contributed by atoms with van der Waals surface area (Å²) in [7, 11) is 0. The van der Waals surface area contributed by atoms with Crippen molar-refractivity contribution in [2.24, 2.45) is 0 Å². The monoisotopic (exact) mass is 367 g/mol. The lowest BCUT2D eigenvalue weighted by molar-refractivity contribution is -0.142. The molecule has 2 fully saturated rings. The molecule has 0 aliphatic carbocycles. The van der Waals surface area contributed by atoms with Gasteiger partial charge in [0.1, 0.15) is 0 Å². The maximum absolute atomic E-state index is 13.1. The second kappa shape index (κ2) is 7.56. The van der Waals surface area contributed by atoms with Crippen molar-refractivity contribution >= 4 is 11.8 Å². The van der Waals surface area contributed by atoms with Gasteiger partial charge in [-0.1, -0.05) is 29.8 Å². The number of amides is 2. The van der Waals surface area contributed by atoms with E-state index in [-0.39, 0.29) is 17.9 Å². The first-order valence-corrected chi connectivity index (χ1v) is 9.53. The smallest absolute Gasteiger partial charge is 0.289 e. The lowest BCUT2D eigenvalue weighted by Gasteiger charge is -2.39. The van der Waals surface area contributed by atoms with Crippen LogP contribution in [0.4, 0.5) is 0 Å². The molecule has 0 bridgehead atoms. The van der Waals surface area contributed by atoms with Crippen molar-refractivity contribution in [2.75, 3.05) is 32.7 Å². The highest BCUT2D eigenvalue weighted by Crippen LogP contribution is 2.21. The number of fused-ring (bicyclic) bond motifs is 1. The summed E-state index contributed by atoms with van der Waals surface area (Å²) in [6, 6.07) is 11.6. The molecule has 2 aromatic rings. The fourth-order valence-electron chi connectivity index (χ4n) is 4.04. The fourth-order valence-corrected chi connectivity index (χ4v) is 4.04. The molecule has 2 aliphatic rings. The van der Waals surface area contributed by atoms with Crippen molar-refractivity contribution < 1.29 is 14.0 Å². The van der Waals surface area contributed by atoms with E-state index in [1.54, 1.807) is 17.0 Å². The molecule has 0 radical (unpaired) electrons. The van der Waals surface area contributed by atoms with Crippen LogP contribution in [0.3, 0.4) is 0 Å². The molecule has 3 heterocycles. The van der Waals surface area contributed by atoms with E-state index in [9.17, 15) is 9.59 Å². The Kier molecular flexibility index (Phi) is 4.99. The highest BCUT2D eigenvalue weighted by Gasteiger charge is 2.37. The van der Waals surface area contributed by atoms with E-state index in [1.165, 1.54) is 17.4 Å². The molecule has 2 aliphatic heterocycles. The second-order valence-corrected chi connectivity index (χ2v) is 7.36. The van der Waals surface area contributed by atoms with Gasteiger partial charge in [0.05, 0.1) is 12.3 Å². The summed E-state index contributed by atoms with van der Waals surface area (Å²) < 4.78 is 5.24. The maximum atomic E-state index is 13.1. The van der Waals surface area contributed by atoms with Crippen molar-refractivity contribution in [1.29, 1.82) is 0 Å². The molecule has 4 rings (SSSR count). The van der Waals surface area contributed by atoms with Crippen LogP contribution in [0.25, 0.3) is 0 Å². The lowest BCUT2D eigenvalue weighted by atomic mass is 10.1. The Hall–Kier alpha value is -2.60. The van der Waals surface area contributed by atoms with Crippen molar-refractivity contribution in [3.8, 4) is 0 Å². The molecule has 2 amide bonds. The summed E-state index contributed by atoms with van der Waals surface area (Å²) >= 11 is 0. The van der Waals surface area contributed by atoms with Crippen LogP contribution < -0.4 is 0 Å². The number of nitrogens with zero attached hydrogens (tertiary/aromatic N) is 3. The summed E-state index contributed by atoms with van der Waals surface area (Å²) in [5.41, 5.74) is 2.38. The normalized spacial score (nSPS) is 21.1. The van der Waals surface area contributed by atoms with Gasteiger partial charge in [-0.25, -0.2) is 0 Å². The van der Waals surface area contributed by atoms with Crippen LogP contribution in [-0.4, -0.2) is 65.3 Å². The number of hydrogen-bond acceptors (Lipinski definition) is 4. The Labute approximate surface area is 159 Å². The average Bonchev–Trinajstić information content (AvgIpc) is 3.11. The second-order valence-electron chi connectivity index (χ2n) is 7.36. The number of piperazine rings is 1. The Bertz CT molecular complexity index is 818. The summed E-state index contributed by atoms with van der Waals surface area (Å²) in [6.07, 6.45) is 2.18. The van der Waals surface area contributed by atoms with Crippen LogP contribution in [0.1, 0.15) is 28.1 Å². The first kappa shape index (κ1) is 17.8. The van der Waals surface area contributed by atoms with Crippen LogP contribution in [0.15, 0.2) is 47.1 Å². The van der Waals surface area contributed by atoms with Gasteiger partial charge in [-0.05, 0) is 31.0 Å². The fraction of sp³-hybridized carbons (Fsp3) is 0.429. The molecule has 6 nitrogen and oxygen atoms in total. The van der Waals surface area contributed by atoms with Gasteiger partial charge in [-0.15, -0.1) is 0 Å². The number of carbonyl (C=O) groups excluding carboxylic acids is 2. The SMILES string of the molecule is Cc1cccc(CN2CCN3CCN(C(=O)c4ccco4)CCC3C2=O)c1. The van der Waals surface area contributed by atoms with Crippen molar-refractivity contribution in [1.82, 2.24) is 14.7 Å². The van der Waals surface area contributed by atoms with E-state index < -0.39 is 0 Å². The minimum absolute atomic E-state index is 0.0936. The van der Waals surface area contributed by atoms with E-state index in [2.05, 4.69) is 30.0 Å². The maximum Gasteiger partial charge on any atom is 0.289 e. The Morgan fingerprint density at radius 2 is 1.96 bits per heavy atom. The molecule has 1 unspecified atom stereocenters. The predicted octanol–water partition coefficient (Wildman–Crippen LogP) is 2.15.